The summed E-state index contributed by atoms with van der Waals surface area (Å²) < 4.78 is 36.6. The molecule has 3 amide bonds. The number of ether oxygens (including phenoxy) is 5. The summed E-state index contributed by atoms with van der Waals surface area (Å²) in [6, 6.07) is 4.65. The Morgan fingerprint density at radius 2 is 1.72 bits per heavy atom. The van der Waals surface area contributed by atoms with Gasteiger partial charge in [-0.3, -0.25) is 19.2 Å². The predicted octanol–water partition coefficient (Wildman–Crippen LogP) is 3.74. The van der Waals surface area contributed by atoms with Crippen LogP contribution in [0.4, 0.5) is 11.5 Å². The van der Waals surface area contributed by atoms with Gasteiger partial charge in [0.05, 0.1) is 37.1 Å². The summed E-state index contributed by atoms with van der Waals surface area (Å²) in [7, 11) is 0. The zero-order chi connectivity index (χ0) is 47.4. The number of dihydropyridines is 1. The average Bonchev–Trinajstić information content (AvgIpc) is 3.86. The van der Waals surface area contributed by atoms with Crippen LogP contribution in [0.3, 0.4) is 0 Å². The number of likely N-dealkylation sites (N-methyl/N-ethyl adjacent to an activating group) is 1. The molecular weight excluding hydrogens is 861 g/mol. The van der Waals surface area contributed by atoms with Crippen molar-refractivity contribution in [2.24, 2.45) is 0 Å². The highest BCUT2D eigenvalue weighted by atomic mass is 32.1. The van der Waals surface area contributed by atoms with E-state index in [0.29, 0.717) is 78.9 Å². The average molecular weight is 921 g/mol. The first-order valence-corrected chi connectivity index (χ1v) is 22.3. The fourth-order valence-electron chi connectivity index (χ4n) is 7.22. The Morgan fingerprint density at radius 1 is 1.02 bits per heavy atom. The first kappa shape index (κ1) is 49.9. The van der Waals surface area contributed by atoms with Crippen LogP contribution in [0.2, 0.25) is 0 Å². The number of anilines is 2. The van der Waals surface area contributed by atoms with Gasteiger partial charge in [0.2, 0.25) is 11.7 Å². The number of aromatic nitrogens is 2. The SMILES string of the molecule is CCN(CC)CCNC(=O)C1=C(C)NC(/C=C2\C(=O)Nc3ccc(OC(=O)/C=C/C(=O)O[C@H](COc4nsnc4N4CCOCC4)CN(C(=O)C(C)OC(C)=O)C(C)(C)C)cc32)=C(C)C1. The summed E-state index contributed by atoms with van der Waals surface area (Å²) in [4.78, 5) is 83.5. The van der Waals surface area contributed by atoms with Crippen LogP contribution in [0, 0.1) is 0 Å². The van der Waals surface area contributed by atoms with E-state index < -0.39 is 41.6 Å². The van der Waals surface area contributed by atoms with Gasteiger partial charge < -0.3 is 54.3 Å². The summed E-state index contributed by atoms with van der Waals surface area (Å²) >= 11 is 0.955. The van der Waals surface area contributed by atoms with E-state index in [2.05, 4.69) is 43.4 Å². The lowest BCUT2D eigenvalue weighted by molar-refractivity contribution is -0.163. The van der Waals surface area contributed by atoms with Gasteiger partial charge in [-0.15, -0.1) is 4.37 Å². The van der Waals surface area contributed by atoms with Gasteiger partial charge in [0.25, 0.3) is 17.7 Å². The second-order valence-corrected chi connectivity index (χ2v) is 17.1. The normalized spacial score (nSPS) is 16.8. The molecule has 0 saturated carbocycles. The van der Waals surface area contributed by atoms with Gasteiger partial charge in [-0.25, -0.2) is 9.59 Å². The van der Waals surface area contributed by atoms with Crippen LogP contribution in [-0.2, 0) is 43.0 Å². The van der Waals surface area contributed by atoms with Crippen LogP contribution in [0.25, 0.3) is 5.57 Å². The lowest BCUT2D eigenvalue weighted by atomic mass is 9.96. The van der Waals surface area contributed by atoms with Crippen LogP contribution >= 0.6 is 11.7 Å². The number of benzene rings is 1. The summed E-state index contributed by atoms with van der Waals surface area (Å²) in [5, 5.41) is 9.12. The summed E-state index contributed by atoms with van der Waals surface area (Å²) in [5.74, 6) is -2.66. The Morgan fingerprint density at radius 3 is 2.40 bits per heavy atom. The van der Waals surface area contributed by atoms with Crippen LogP contribution in [0.1, 0.15) is 74.3 Å². The molecule has 65 heavy (non-hydrogen) atoms. The number of fused-ring (bicyclic) bond motifs is 1. The number of nitrogens with one attached hydrogen (secondary N) is 3. The third kappa shape index (κ3) is 13.7. The Kier molecular flexibility index (Phi) is 17.4. The first-order valence-electron chi connectivity index (χ1n) is 21.6. The van der Waals surface area contributed by atoms with Gasteiger partial charge in [-0.1, -0.05) is 13.8 Å². The van der Waals surface area contributed by atoms with Crippen molar-refractivity contribution in [3.63, 3.8) is 0 Å². The van der Waals surface area contributed by atoms with Gasteiger partial charge in [0.15, 0.2) is 12.2 Å². The number of esters is 3. The van der Waals surface area contributed by atoms with E-state index in [1.165, 1.54) is 24.8 Å². The zero-order valence-electron chi connectivity index (χ0n) is 38.5. The van der Waals surface area contributed by atoms with Gasteiger partial charge in [0, 0.05) is 85.4 Å². The largest absolute Gasteiger partial charge is 0.470 e. The highest BCUT2D eigenvalue weighted by Crippen LogP contribution is 2.36. The predicted molar refractivity (Wildman–Crippen MR) is 243 cm³/mol. The molecule has 20 heteroatoms. The number of morpholine rings is 1. The van der Waals surface area contributed by atoms with Crippen molar-refractivity contribution in [1.82, 2.24) is 29.2 Å². The van der Waals surface area contributed by atoms with Crippen LogP contribution in [0.15, 0.2) is 59.0 Å². The van der Waals surface area contributed by atoms with E-state index in [9.17, 15) is 28.8 Å². The summed E-state index contributed by atoms with van der Waals surface area (Å²) in [6.45, 7) is 20.7. The molecule has 1 unspecified atom stereocenters. The van der Waals surface area contributed by atoms with Gasteiger partial charge in [-0.2, -0.15) is 4.37 Å². The van der Waals surface area contributed by atoms with Crippen molar-refractivity contribution in [3.8, 4) is 11.6 Å². The molecule has 3 N–H and O–H groups in total. The number of nitrogens with zero attached hydrogens (tertiary/aromatic N) is 5. The Hall–Kier alpha value is -6.12. The molecule has 3 aliphatic heterocycles. The van der Waals surface area contributed by atoms with Gasteiger partial charge in [0.1, 0.15) is 12.4 Å². The van der Waals surface area contributed by atoms with Crippen LogP contribution in [0.5, 0.6) is 11.6 Å². The molecule has 1 fully saturated rings. The molecule has 19 nitrogen and oxygen atoms in total. The summed E-state index contributed by atoms with van der Waals surface area (Å²) in [6.07, 6.45) is 1.68. The molecule has 3 aliphatic rings. The van der Waals surface area contributed by atoms with Crippen molar-refractivity contribution in [2.75, 3.05) is 75.9 Å². The minimum absolute atomic E-state index is 0.108. The molecule has 0 radical (unpaired) electrons. The molecule has 2 atom stereocenters. The second kappa shape index (κ2) is 22.7. The highest BCUT2D eigenvalue weighted by Gasteiger charge is 2.35. The van der Waals surface area contributed by atoms with E-state index in [-0.39, 0.29) is 36.6 Å². The number of carbonyl (C=O) groups excluding carboxylic acids is 6. The standard InChI is InChI=1S/C45H60N8O11S/c1-10-51(11-2)17-16-46-41(57)33-22-27(3)37(47-28(33)4)24-35-34-23-31(12-13-36(34)48-42(35)58)63-38(55)14-15-39(56)64-32(25-53(45(7,8)9)44(59)29(5)62-30(6)54)26-61-43-40(49-65-50-43)52-18-20-60-21-19-52/h12-15,23-24,29,32,47H,10-11,16-22,25-26H2,1-9H3,(H,46,57)(H,48,58)/b15-14+,35-24-/t29?,32-/m0/s1. The fourth-order valence-corrected chi connectivity index (χ4v) is 7.74. The number of amides is 3. The maximum atomic E-state index is 13.6. The third-order valence-electron chi connectivity index (χ3n) is 10.8. The van der Waals surface area contributed by atoms with E-state index in [4.69, 9.17) is 23.7 Å². The molecule has 1 aromatic carbocycles. The molecule has 352 valence electrons. The number of carbonyl (C=O) groups is 6. The highest BCUT2D eigenvalue weighted by molar-refractivity contribution is 6.99. The number of hydrogen-bond donors (Lipinski definition) is 3. The lowest BCUT2D eigenvalue weighted by Gasteiger charge is -2.39. The number of allylic oxidation sites excluding steroid dienone is 3. The Labute approximate surface area is 383 Å². The molecule has 0 spiro atoms. The molecular formula is C45H60N8O11S. The van der Waals surface area contributed by atoms with E-state index in [1.54, 1.807) is 39.0 Å². The van der Waals surface area contributed by atoms with Gasteiger partial charge >= 0.3 is 17.9 Å². The number of hydrogen-bond acceptors (Lipinski definition) is 17. The maximum Gasteiger partial charge on any atom is 0.336 e. The molecule has 2 aromatic rings. The van der Waals surface area contributed by atoms with Crippen molar-refractivity contribution >= 4 is 64.4 Å². The zero-order valence-corrected chi connectivity index (χ0v) is 39.3. The molecule has 0 aliphatic carbocycles. The molecule has 1 aromatic heterocycles. The Bertz CT molecular complexity index is 2230. The van der Waals surface area contributed by atoms with Crippen molar-refractivity contribution < 1.29 is 52.5 Å². The van der Waals surface area contributed by atoms with Gasteiger partial charge in [-0.05, 0) is 84.5 Å². The first-order chi connectivity index (χ1) is 30.9. The van der Waals surface area contributed by atoms with E-state index in [1.807, 2.05) is 18.7 Å². The lowest BCUT2D eigenvalue weighted by Crippen LogP contribution is -2.54. The van der Waals surface area contributed by atoms with E-state index in [0.717, 1.165) is 49.1 Å². The van der Waals surface area contributed by atoms with Crippen molar-refractivity contribution in [3.05, 3.63) is 64.5 Å². The molecule has 4 heterocycles. The molecule has 0 bridgehead atoms. The number of rotatable bonds is 19. The van der Waals surface area contributed by atoms with Crippen LogP contribution < -0.4 is 30.3 Å². The van der Waals surface area contributed by atoms with Crippen LogP contribution in [-0.4, -0.2) is 138 Å². The quantitative estimate of drug-likeness (QED) is 0.104. The minimum atomic E-state index is -1.12. The second-order valence-electron chi connectivity index (χ2n) is 16.6. The molecule has 5 rings (SSSR count). The fraction of sp³-hybridized carbons (Fsp3) is 0.511. The minimum Gasteiger partial charge on any atom is -0.470 e. The summed E-state index contributed by atoms with van der Waals surface area (Å²) in [5.41, 5.74) is 3.34. The maximum absolute atomic E-state index is 13.6. The topological polar surface area (TPSA) is 220 Å². The van der Waals surface area contributed by atoms with Crippen molar-refractivity contribution in [1.29, 1.82) is 0 Å². The smallest absolute Gasteiger partial charge is 0.336 e. The third-order valence-corrected chi connectivity index (χ3v) is 11.3. The van der Waals surface area contributed by atoms with Crippen molar-refractivity contribution in [2.45, 2.75) is 86.5 Å². The monoisotopic (exact) mass is 920 g/mol. The van der Waals surface area contributed by atoms with E-state index >= 15 is 0 Å². The molecule has 1 saturated heterocycles. The Balaban J connectivity index is 1.26.